The van der Waals surface area contributed by atoms with Gasteiger partial charge in [-0.05, 0) is 31.2 Å². The standard InChI is InChI=1S/C11H15N3OS/c1-8(12)3-2-4-10-13-11(14-15-10)9-5-6-16-7-9/h5-8H,2-4,12H2,1H3. The summed E-state index contributed by atoms with van der Waals surface area (Å²) in [5, 5.41) is 7.96. The molecule has 2 aromatic rings. The Kier molecular flexibility index (Phi) is 3.69. The van der Waals surface area contributed by atoms with Crippen molar-refractivity contribution in [3.8, 4) is 11.4 Å². The molecule has 0 amide bonds. The Balaban J connectivity index is 1.93. The molecule has 0 aliphatic heterocycles. The average Bonchev–Trinajstić information content (AvgIpc) is 2.85. The molecule has 2 rings (SSSR count). The summed E-state index contributed by atoms with van der Waals surface area (Å²) < 4.78 is 5.17. The van der Waals surface area contributed by atoms with Crippen molar-refractivity contribution in [2.45, 2.75) is 32.2 Å². The van der Waals surface area contributed by atoms with Crippen LogP contribution in [0.4, 0.5) is 0 Å². The third-order valence-corrected chi connectivity index (χ3v) is 2.98. The molecule has 0 bridgehead atoms. The number of aromatic nitrogens is 2. The Bertz CT molecular complexity index is 422. The molecule has 0 spiro atoms. The summed E-state index contributed by atoms with van der Waals surface area (Å²) in [5.41, 5.74) is 6.69. The van der Waals surface area contributed by atoms with Crippen molar-refractivity contribution in [1.29, 1.82) is 0 Å². The molecular formula is C11H15N3OS. The monoisotopic (exact) mass is 237 g/mol. The van der Waals surface area contributed by atoms with E-state index < -0.39 is 0 Å². The van der Waals surface area contributed by atoms with Gasteiger partial charge in [0.1, 0.15) is 0 Å². The minimum atomic E-state index is 0.235. The van der Waals surface area contributed by atoms with Crippen LogP contribution in [0.15, 0.2) is 21.3 Å². The SMILES string of the molecule is CC(N)CCCc1nc(-c2ccsc2)no1. The van der Waals surface area contributed by atoms with Crippen molar-refractivity contribution in [1.82, 2.24) is 10.1 Å². The predicted molar refractivity (Wildman–Crippen MR) is 64.2 cm³/mol. The normalized spacial score (nSPS) is 12.9. The molecule has 1 unspecified atom stereocenters. The van der Waals surface area contributed by atoms with Crippen molar-refractivity contribution in [2.24, 2.45) is 5.73 Å². The first kappa shape index (κ1) is 11.3. The zero-order valence-electron chi connectivity index (χ0n) is 9.22. The first-order chi connectivity index (χ1) is 7.75. The van der Waals surface area contributed by atoms with E-state index in [2.05, 4.69) is 10.1 Å². The maximum Gasteiger partial charge on any atom is 0.226 e. The van der Waals surface area contributed by atoms with Crippen molar-refractivity contribution in [2.75, 3.05) is 0 Å². The van der Waals surface area contributed by atoms with Crippen molar-refractivity contribution in [3.63, 3.8) is 0 Å². The smallest absolute Gasteiger partial charge is 0.226 e. The molecule has 1 atom stereocenters. The first-order valence-corrected chi connectivity index (χ1v) is 6.30. The Hall–Kier alpha value is -1.20. The van der Waals surface area contributed by atoms with E-state index in [1.54, 1.807) is 11.3 Å². The molecule has 86 valence electrons. The lowest BCUT2D eigenvalue weighted by molar-refractivity contribution is 0.373. The highest BCUT2D eigenvalue weighted by molar-refractivity contribution is 7.08. The van der Waals surface area contributed by atoms with Gasteiger partial charge in [0.15, 0.2) is 0 Å². The third kappa shape index (κ3) is 2.90. The van der Waals surface area contributed by atoms with Crippen LogP contribution in [0.3, 0.4) is 0 Å². The number of nitrogens with two attached hydrogens (primary N) is 1. The molecule has 16 heavy (non-hydrogen) atoms. The number of nitrogens with zero attached hydrogens (tertiary/aromatic N) is 2. The summed E-state index contributed by atoms with van der Waals surface area (Å²) in [5.74, 6) is 1.37. The number of rotatable bonds is 5. The number of thiophene rings is 1. The van der Waals surface area contributed by atoms with E-state index in [-0.39, 0.29) is 6.04 Å². The van der Waals surface area contributed by atoms with E-state index in [1.165, 1.54) is 0 Å². The summed E-state index contributed by atoms with van der Waals surface area (Å²) >= 11 is 1.63. The van der Waals surface area contributed by atoms with Crippen LogP contribution in [0, 0.1) is 0 Å². The average molecular weight is 237 g/mol. The van der Waals surface area contributed by atoms with Gasteiger partial charge in [0.05, 0.1) is 0 Å². The van der Waals surface area contributed by atoms with E-state index in [9.17, 15) is 0 Å². The molecule has 0 aliphatic rings. The number of hydrogen-bond donors (Lipinski definition) is 1. The van der Waals surface area contributed by atoms with Crippen molar-refractivity contribution >= 4 is 11.3 Å². The fourth-order valence-electron chi connectivity index (χ4n) is 1.44. The molecule has 2 heterocycles. The van der Waals surface area contributed by atoms with E-state index >= 15 is 0 Å². The summed E-state index contributed by atoms with van der Waals surface area (Å²) in [6.45, 7) is 2.00. The van der Waals surface area contributed by atoms with Crippen LogP contribution in [0.5, 0.6) is 0 Å². The molecule has 5 heteroatoms. The Labute approximate surface area is 98.5 Å². The predicted octanol–water partition coefficient (Wildman–Crippen LogP) is 2.47. The molecule has 2 aromatic heterocycles. The van der Waals surface area contributed by atoms with Crippen molar-refractivity contribution < 1.29 is 4.52 Å². The lowest BCUT2D eigenvalue weighted by atomic mass is 10.1. The van der Waals surface area contributed by atoms with Crippen LogP contribution in [0.25, 0.3) is 11.4 Å². The maximum atomic E-state index is 5.67. The molecule has 0 fully saturated rings. The van der Waals surface area contributed by atoms with Crippen molar-refractivity contribution in [3.05, 3.63) is 22.7 Å². The minimum absolute atomic E-state index is 0.235. The van der Waals surface area contributed by atoms with Gasteiger partial charge >= 0.3 is 0 Å². The number of hydrogen-bond acceptors (Lipinski definition) is 5. The van der Waals surface area contributed by atoms with Gasteiger partial charge in [-0.15, -0.1) is 0 Å². The zero-order valence-corrected chi connectivity index (χ0v) is 10.0. The first-order valence-electron chi connectivity index (χ1n) is 5.36. The van der Waals surface area contributed by atoms with E-state index in [0.29, 0.717) is 11.7 Å². The van der Waals surface area contributed by atoms with E-state index in [0.717, 1.165) is 24.8 Å². The fourth-order valence-corrected chi connectivity index (χ4v) is 2.07. The number of aryl methyl sites for hydroxylation is 1. The largest absolute Gasteiger partial charge is 0.339 e. The Morgan fingerprint density at radius 2 is 2.44 bits per heavy atom. The molecule has 0 aromatic carbocycles. The summed E-state index contributed by atoms with van der Waals surface area (Å²) in [6, 6.07) is 2.22. The molecule has 0 aliphatic carbocycles. The summed E-state index contributed by atoms with van der Waals surface area (Å²) in [7, 11) is 0. The molecule has 4 nitrogen and oxygen atoms in total. The second kappa shape index (κ2) is 5.23. The zero-order chi connectivity index (χ0) is 11.4. The van der Waals surface area contributed by atoms with Crippen LogP contribution in [0.2, 0.25) is 0 Å². The maximum absolute atomic E-state index is 5.67. The van der Waals surface area contributed by atoms with Crippen LogP contribution in [-0.2, 0) is 6.42 Å². The van der Waals surface area contributed by atoms with Crippen LogP contribution >= 0.6 is 11.3 Å². The fraction of sp³-hybridized carbons (Fsp3) is 0.455. The van der Waals surface area contributed by atoms with Gasteiger partial charge in [-0.25, -0.2) is 0 Å². The molecule has 0 saturated heterocycles. The third-order valence-electron chi connectivity index (χ3n) is 2.30. The summed E-state index contributed by atoms with van der Waals surface area (Å²) in [6.07, 6.45) is 2.78. The minimum Gasteiger partial charge on any atom is -0.339 e. The van der Waals surface area contributed by atoms with Gasteiger partial charge in [-0.3, -0.25) is 0 Å². The highest BCUT2D eigenvalue weighted by atomic mass is 32.1. The Morgan fingerprint density at radius 1 is 1.56 bits per heavy atom. The molecule has 2 N–H and O–H groups in total. The molecule has 0 saturated carbocycles. The second-order valence-corrected chi connectivity index (χ2v) is 4.67. The quantitative estimate of drug-likeness (QED) is 0.867. The van der Waals surface area contributed by atoms with Crippen LogP contribution < -0.4 is 5.73 Å². The van der Waals surface area contributed by atoms with Crippen LogP contribution in [-0.4, -0.2) is 16.2 Å². The van der Waals surface area contributed by atoms with Gasteiger partial charge in [0, 0.05) is 23.4 Å². The van der Waals surface area contributed by atoms with Crippen LogP contribution in [0.1, 0.15) is 25.7 Å². The lowest BCUT2D eigenvalue weighted by Gasteiger charge is -2.00. The topological polar surface area (TPSA) is 64.9 Å². The van der Waals surface area contributed by atoms with E-state index in [4.69, 9.17) is 10.3 Å². The van der Waals surface area contributed by atoms with Gasteiger partial charge in [-0.1, -0.05) is 5.16 Å². The highest BCUT2D eigenvalue weighted by Gasteiger charge is 2.08. The second-order valence-electron chi connectivity index (χ2n) is 3.89. The van der Waals surface area contributed by atoms with Gasteiger partial charge in [0.25, 0.3) is 0 Å². The molecule has 0 radical (unpaired) electrons. The highest BCUT2D eigenvalue weighted by Crippen LogP contribution is 2.19. The summed E-state index contributed by atoms with van der Waals surface area (Å²) in [4.78, 5) is 4.34. The van der Waals surface area contributed by atoms with E-state index in [1.807, 2.05) is 23.8 Å². The van der Waals surface area contributed by atoms with Gasteiger partial charge in [-0.2, -0.15) is 16.3 Å². The molecular weight excluding hydrogens is 222 g/mol. The Morgan fingerprint density at radius 3 is 3.12 bits per heavy atom. The van der Waals surface area contributed by atoms with Gasteiger partial charge < -0.3 is 10.3 Å². The lowest BCUT2D eigenvalue weighted by Crippen LogP contribution is -2.14. The van der Waals surface area contributed by atoms with Gasteiger partial charge in [0.2, 0.25) is 11.7 Å².